The summed E-state index contributed by atoms with van der Waals surface area (Å²) >= 11 is 0. The second kappa shape index (κ2) is 15.0. The van der Waals surface area contributed by atoms with Crippen LogP contribution in [0, 0.1) is 6.92 Å². The molecule has 0 saturated heterocycles. The molecule has 0 bridgehead atoms. The summed E-state index contributed by atoms with van der Waals surface area (Å²) in [7, 11) is 0. The molecule has 12 aromatic carbocycles. The molecule has 3 nitrogen and oxygen atoms in total. The fourth-order valence-corrected chi connectivity index (χ4v) is 13.3. The minimum absolute atomic E-state index is 0.668. The van der Waals surface area contributed by atoms with Crippen LogP contribution < -0.4 is 4.90 Å². The minimum atomic E-state index is -0.668. The van der Waals surface area contributed by atoms with Gasteiger partial charge in [0.1, 0.15) is 11.2 Å². The van der Waals surface area contributed by atoms with Gasteiger partial charge in [0.05, 0.1) is 27.5 Å². The molecule has 0 atom stereocenters. The van der Waals surface area contributed by atoms with E-state index in [1.54, 1.807) is 0 Å². The summed E-state index contributed by atoms with van der Waals surface area (Å²) in [5.41, 5.74) is 21.5. The van der Waals surface area contributed by atoms with Gasteiger partial charge in [-0.15, -0.1) is 0 Å². The molecule has 340 valence electrons. The molecule has 2 aromatic heterocycles. The minimum Gasteiger partial charge on any atom is -0.455 e. The molecule has 2 heterocycles. The molecule has 2 aliphatic carbocycles. The molecular formula is C70H44N2O. The monoisotopic (exact) mass is 928 g/mol. The van der Waals surface area contributed by atoms with Crippen LogP contribution in [0.3, 0.4) is 0 Å². The number of benzene rings is 12. The van der Waals surface area contributed by atoms with Gasteiger partial charge < -0.3 is 13.9 Å². The van der Waals surface area contributed by atoms with Crippen molar-refractivity contribution in [3.8, 4) is 39.1 Å². The standard InChI is InChI=1S/C70H44N2O/c1-43-40-48(34-36-50(43)44-18-4-2-5-19-44)71(49-35-39-62-56(41-49)53-26-13-16-30-61(53)72(62)47-22-6-3-7-23-47)63-42-60-67(69-68(63)55-28-14-17-31-64(55)73-69)54-27-12-15-29-57(54)70(60)58-37-32-45-20-8-10-24-51(45)65(58)66-52-25-11-9-21-46(52)33-38-59(66)70/h2-42H,1H3. The number of rotatable bonds is 5. The molecule has 3 heteroatoms. The third kappa shape index (κ3) is 5.43. The number of hydrogen-bond donors (Lipinski definition) is 0. The van der Waals surface area contributed by atoms with Crippen molar-refractivity contribution in [2.75, 3.05) is 4.90 Å². The lowest BCUT2D eigenvalue weighted by Crippen LogP contribution is -2.26. The van der Waals surface area contributed by atoms with Crippen molar-refractivity contribution < 1.29 is 4.42 Å². The first-order valence-electron chi connectivity index (χ1n) is 25.3. The predicted molar refractivity (Wildman–Crippen MR) is 304 cm³/mol. The second-order valence-electron chi connectivity index (χ2n) is 19.9. The number of nitrogens with zero attached hydrogens (tertiary/aromatic N) is 2. The van der Waals surface area contributed by atoms with Gasteiger partial charge in [-0.05, 0) is 145 Å². The summed E-state index contributed by atoms with van der Waals surface area (Å²) in [5.74, 6) is 0. The average Bonchev–Trinajstić information content (AvgIpc) is 4.18. The second-order valence-corrected chi connectivity index (χ2v) is 19.9. The summed E-state index contributed by atoms with van der Waals surface area (Å²) in [6.07, 6.45) is 0. The Balaban J connectivity index is 1.06. The Bertz CT molecular complexity index is 4550. The van der Waals surface area contributed by atoms with Crippen LogP contribution in [-0.2, 0) is 5.41 Å². The summed E-state index contributed by atoms with van der Waals surface area (Å²) in [6, 6.07) is 92.1. The van der Waals surface area contributed by atoms with Crippen LogP contribution in [0.2, 0.25) is 0 Å². The number of aryl methyl sites for hydroxylation is 1. The number of hydrogen-bond acceptors (Lipinski definition) is 2. The van der Waals surface area contributed by atoms with E-state index in [0.29, 0.717) is 0 Å². The van der Waals surface area contributed by atoms with Crippen molar-refractivity contribution in [3.05, 3.63) is 277 Å². The van der Waals surface area contributed by atoms with Gasteiger partial charge in [-0.2, -0.15) is 0 Å². The van der Waals surface area contributed by atoms with E-state index in [2.05, 4.69) is 265 Å². The molecule has 16 rings (SSSR count). The Morgan fingerprint density at radius 2 is 0.986 bits per heavy atom. The Labute approximate surface area is 422 Å². The molecule has 0 saturated carbocycles. The summed E-state index contributed by atoms with van der Waals surface area (Å²) in [5, 5.41) is 9.59. The van der Waals surface area contributed by atoms with Crippen molar-refractivity contribution in [1.82, 2.24) is 4.57 Å². The highest BCUT2D eigenvalue weighted by Crippen LogP contribution is 2.67. The quantitative estimate of drug-likeness (QED) is 0.171. The zero-order chi connectivity index (χ0) is 47.9. The third-order valence-corrected chi connectivity index (χ3v) is 16.3. The molecule has 0 radical (unpaired) electrons. The smallest absolute Gasteiger partial charge is 0.145 e. The highest BCUT2D eigenvalue weighted by Gasteiger charge is 2.54. The highest BCUT2D eigenvalue weighted by molar-refractivity contribution is 6.22. The zero-order valence-corrected chi connectivity index (χ0v) is 40.0. The lowest BCUT2D eigenvalue weighted by Gasteiger charge is -2.33. The van der Waals surface area contributed by atoms with Gasteiger partial charge in [0.15, 0.2) is 0 Å². The molecule has 73 heavy (non-hydrogen) atoms. The predicted octanol–water partition coefficient (Wildman–Crippen LogP) is 18.8. The molecule has 1 spiro atoms. The molecule has 0 fully saturated rings. The van der Waals surface area contributed by atoms with Crippen LogP contribution >= 0.6 is 0 Å². The third-order valence-electron chi connectivity index (χ3n) is 16.3. The van der Waals surface area contributed by atoms with Crippen LogP contribution in [0.15, 0.2) is 253 Å². The maximum Gasteiger partial charge on any atom is 0.145 e. The van der Waals surface area contributed by atoms with E-state index in [1.165, 1.54) is 93.5 Å². The largest absolute Gasteiger partial charge is 0.455 e. The van der Waals surface area contributed by atoms with E-state index in [4.69, 9.17) is 4.42 Å². The number of furan rings is 1. The van der Waals surface area contributed by atoms with Crippen LogP contribution in [0.4, 0.5) is 17.1 Å². The van der Waals surface area contributed by atoms with Gasteiger partial charge in [-0.25, -0.2) is 0 Å². The molecule has 14 aromatic rings. The van der Waals surface area contributed by atoms with Gasteiger partial charge in [-0.3, -0.25) is 0 Å². The topological polar surface area (TPSA) is 21.3 Å². The first kappa shape index (κ1) is 40.3. The summed E-state index contributed by atoms with van der Waals surface area (Å²) < 4.78 is 9.79. The number of aromatic nitrogens is 1. The van der Waals surface area contributed by atoms with Crippen molar-refractivity contribution in [2.45, 2.75) is 12.3 Å². The highest BCUT2D eigenvalue weighted by atomic mass is 16.3. The van der Waals surface area contributed by atoms with Gasteiger partial charge in [0, 0.05) is 38.8 Å². The van der Waals surface area contributed by atoms with E-state index < -0.39 is 5.41 Å². The number of fused-ring (bicyclic) bond motifs is 21. The van der Waals surface area contributed by atoms with E-state index in [-0.39, 0.29) is 0 Å². The van der Waals surface area contributed by atoms with E-state index in [0.717, 1.165) is 55.8 Å². The van der Waals surface area contributed by atoms with E-state index in [9.17, 15) is 0 Å². The SMILES string of the molecule is Cc1cc(N(c2ccc3c(c2)c2ccccc2n3-c2ccccc2)c2cc3c(c4oc5ccccc5c24)-c2ccccc2C32c3ccc4ccccc4c3-c3c2ccc2ccccc32)ccc1-c1ccccc1. The first-order valence-corrected chi connectivity index (χ1v) is 25.3. The Morgan fingerprint density at radius 1 is 0.397 bits per heavy atom. The van der Waals surface area contributed by atoms with Crippen molar-refractivity contribution >= 4 is 82.4 Å². The Kier molecular flexibility index (Phi) is 8.30. The maximum atomic E-state index is 7.38. The number of para-hydroxylation sites is 3. The van der Waals surface area contributed by atoms with E-state index in [1.807, 2.05) is 0 Å². The molecule has 2 aliphatic rings. The molecule has 0 aliphatic heterocycles. The Hall–Kier alpha value is -9.44. The lowest BCUT2D eigenvalue weighted by atomic mass is 9.70. The molecule has 0 amide bonds. The fraction of sp³-hybridized carbons (Fsp3) is 0.0286. The van der Waals surface area contributed by atoms with Crippen LogP contribution in [-0.4, -0.2) is 4.57 Å². The fourth-order valence-electron chi connectivity index (χ4n) is 13.3. The van der Waals surface area contributed by atoms with Crippen LogP contribution in [0.1, 0.15) is 27.8 Å². The summed E-state index contributed by atoms with van der Waals surface area (Å²) in [4.78, 5) is 2.52. The first-order chi connectivity index (χ1) is 36.1. The molecule has 0 N–H and O–H groups in total. The van der Waals surface area contributed by atoms with Crippen molar-refractivity contribution in [1.29, 1.82) is 0 Å². The maximum absolute atomic E-state index is 7.38. The van der Waals surface area contributed by atoms with Gasteiger partial charge >= 0.3 is 0 Å². The van der Waals surface area contributed by atoms with Gasteiger partial charge in [0.2, 0.25) is 0 Å². The molecule has 0 unspecified atom stereocenters. The lowest BCUT2D eigenvalue weighted by molar-refractivity contribution is 0.669. The van der Waals surface area contributed by atoms with E-state index >= 15 is 0 Å². The number of anilines is 3. The Morgan fingerprint density at radius 3 is 1.73 bits per heavy atom. The van der Waals surface area contributed by atoms with Crippen LogP contribution in [0.5, 0.6) is 0 Å². The zero-order valence-electron chi connectivity index (χ0n) is 40.0. The van der Waals surface area contributed by atoms with Crippen molar-refractivity contribution in [3.63, 3.8) is 0 Å². The van der Waals surface area contributed by atoms with Gasteiger partial charge in [-0.1, -0.05) is 188 Å². The van der Waals surface area contributed by atoms with Crippen molar-refractivity contribution in [2.24, 2.45) is 0 Å². The normalized spacial score (nSPS) is 13.1. The summed E-state index contributed by atoms with van der Waals surface area (Å²) in [6.45, 7) is 2.25. The average molecular weight is 929 g/mol. The van der Waals surface area contributed by atoms with Crippen LogP contribution in [0.25, 0.3) is 104 Å². The molecular weight excluding hydrogens is 885 g/mol. The van der Waals surface area contributed by atoms with Gasteiger partial charge in [0.25, 0.3) is 0 Å².